The van der Waals surface area contributed by atoms with Crippen LogP contribution in [-0.2, 0) is 10.0 Å². The molecule has 1 amide bonds. The third kappa shape index (κ3) is 4.69. The van der Waals surface area contributed by atoms with E-state index in [-0.39, 0.29) is 10.9 Å². The fraction of sp³-hybridized carbons (Fsp3) is 0.182. The number of aromatic amines is 1. The number of carbonyl (C=O) groups is 1. The van der Waals surface area contributed by atoms with E-state index in [1.807, 2.05) is 18.2 Å². The maximum Gasteiger partial charge on any atom is 0.291 e. The molecular formula is C22H21ClN4O4S. The number of anilines is 1. The van der Waals surface area contributed by atoms with Crippen molar-refractivity contribution >= 4 is 44.3 Å². The van der Waals surface area contributed by atoms with Crippen LogP contribution in [-0.4, -0.2) is 29.8 Å². The monoisotopic (exact) mass is 472 g/mol. The molecule has 0 aliphatic rings. The van der Waals surface area contributed by atoms with Crippen molar-refractivity contribution in [1.82, 2.24) is 14.7 Å². The average molecular weight is 473 g/mol. The Morgan fingerprint density at radius 2 is 1.84 bits per heavy atom. The van der Waals surface area contributed by atoms with Crippen LogP contribution >= 0.6 is 11.6 Å². The normalized spacial score (nSPS) is 12.2. The quantitative estimate of drug-likeness (QED) is 0.385. The van der Waals surface area contributed by atoms with Crippen molar-refractivity contribution < 1.29 is 17.6 Å². The summed E-state index contributed by atoms with van der Waals surface area (Å²) in [5.74, 6) is -0.0885. The zero-order valence-corrected chi connectivity index (χ0v) is 19.1. The summed E-state index contributed by atoms with van der Waals surface area (Å²) in [4.78, 5) is 20.3. The topological polar surface area (TPSA) is 117 Å². The number of carbonyl (C=O) groups excluding carboxylic acids is 1. The molecular weight excluding hydrogens is 452 g/mol. The summed E-state index contributed by atoms with van der Waals surface area (Å²) < 4.78 is 32.5. The molecule has 3 N–H and O–H groups in total. The van der Waals surface area contributed by atoms with Crippen molar-refractivity contribution in [3.05, 3.63) is 65.4 Å². The summed E-state index contributed by atoms with van der Waals surface area (Å²) in [5, 5.41) is 2.95. The van der Waals surface area contributed by atoms with E-state index in [0.717, 1.165) is 5.56 Å². The van der Waals surface area contributed by atoms with Crippen molar-refractivity contribution in [2.24, 2.45) is 0 Å². The molecule has 0 aliphatic heterocycles. The van der Waals surface area contributed by atoms with Gasteiger partial charge in [0.1, 0.15) is 5.82 Å². The third-order valence-electron chi connectivity index (χ3n) is 4.38. The lowest BCUT2D eigenvalue weighted by molar-refractivity contribution is 0.0991. The first-order chi connectivity index (χ1) is 15.0. The van der Waals surface area contributed by atoms with E-state index < -0.39 is 21.5 Å². The lowest BCUT2D eigenvalue weighted by atomic mass is 10.1. The van der Waals surface area contributed by atoms with Crippen LogP contribution in [0.3, 0.4) is 0 Å². The second-order valence-electron chi connectivity index (χ2n) is 8.23. The van der Waals surface area contributed by atoms with Crippen molar-refractivity contribution in [2.75, 3.05) is 5.32 Å². The van der Waals surface area contributed by atoms with E-state index in [1.54, 1.807) is 45.0 Å². The smallest absolute Gasteiger partial charge is 0.291 e. The number of hydrogen-bond acceptors (Lipinski definition) is 5. The maximum atomic E-state index is 12.6. The molecule has 0 fully saturated rings. The van der Waals surface area contributed by atoms with Crippen LogP contribution < -0.4 is 10.0 Å². The van der Waals surface area contributed by atoms with Crippen molar-refractivity contribution in [3.63, 3.8) is 0 Å². The summed E-state index contributed by atoms with van der Waals surface area (Å²) in [6.45, 7) is 5.14. The minimum Gasteiger partial charge on any atom is -0.438 e. The van der Waals surface area contributed by atoms with Gasteiger partial charge in [-0.05, 0) is 63.2 Å². The zero-order valence-electron chi connectivity index (χ0n) is 17.6. The Morgan fingerprint density at radius 1 is 1.09 bits per heavy atom. The van der Waals surface area contributed by atoms with E-state index in [0.29, 0.717) is 27.6 Å². The number of nitrogens with one attached hydrogen (secondary N) is 3. The third-order valence-corrected chi connectivity index (χ3v) is 6.34. The number of furan rings is 1. The number of halogens is 1. The Labute approximate surface area is 190 Å². The Bertz CT molecular complexity index is 1420. The second kappa shape index (κ2) is 8.09. The molecule has 0 unspecified atom stereocenters. The molecule has 4 rings (SSSR count). The Balaban J connectivity index is 1.54. The van der Waals surface area contributed by atoms with Crippen molar-refractivity contribution in [1.29, 1.82) is 0 Å². The molecule has 0 bridgehead atoms. The van der Waals surface area contributed by atoms with Crippen LogP contribution in [0.2, 0.25) is 5.02 Å². The van der Waals surface area contributed by atoms with Gasteiger partial charge in [0.2, 0.25) is 5.09 Å². The van der Waals surface area contributed by atoms with E-state index in [4.69, 9.17) is 16.0 Å². The van der Waals surface area contributed by atoms with Gasteiger partial charge in [0.15, 0.2) is 5.76 Å². The predicted octanol–water partition coefficient (Wildman–Crippen LogP) is 4.81. The Hall–Kier alpha value is -3.14. The first-order valence-electron chi connectivity index (χ1n) is 9.72. The number of nitrogens with zero attached hydrogens (tertiary/aromatic N) is 1. The van der Waals surface area contributed by atoms with Crippen LogP contribution in [0.25, 0.3) is 22.4 Å². The summed E-state index contributed by atoms with van der Waals surface area (Å²) in [6.07, 6.45) is 0. The molecule has 32 heavy (non-hydrogen) atoms. The van der Waals surface area contributed by atoms with Crippen LogP contribution in [0.1, 0.15) is 31.3 Å². The first kappa shape index (κ1) is 22.1. The van der Waals surface area contributed by atoms with E-state index in [1.165, 1.54) is 12.1 Å². The van der Waals surface area contributed by atoms with E-state index in [9.17, 15) is 13.2 Å². The van der Waals surface area contributed by atoms with Gasteiger partial charge in [0, 0.05) is 16.8 Å². The van der Waals surface area contributed by atoms with Gasteiger partial charge >= 0.3 is 0 Å². The highest BCUT2D eigenvalue weighted by Gasteiger charge is 2.26. The highest BCUT2D eigenvalue weighted by Crippen LogP contribution is 2.28. The molecule has 0 radical (unpaired) electrons. The van der Waals surface area contributed by atoms with Gasteiger partial charge in [-0.2, -0.15) is 0 Å². The molecule has 0 saturated heterocycles. The van der Waals surface area contributed by atoms with Gasteiger partial charge in [-0.15, -0.1) is 0 Å². The lowest BCUT2D eigenvalue weighted by Crippen LogP contribution is -2.40. The van der Waals surface area contributed by atoms with Gasteiger partial charge < -0.3 is 14.7 Å². The average Bonchev–Trinajstić information content (AvgIpc) is 3.34. The Kier molecular flexibility index (Phi) is 5.58. The number of benzene rings is 2. The zero-order chi connectivity index (χ0) is 23.1. The highest BCUT2D eigenvalue weighted by molar-refractivity contribution is 7.89. The molecule has 2 aromatic carbocycles. The number of amides is 1. The van der Waals surface area contributed by atoms with Gasteiger partial charge in [-0.3, -0.25) is 4.79 Å². The Morgan fingerprint density at radius 3 is 2.56 bits per heavy atom. The molecule has 0 saturated carbocycles. The summed E-state index contributed by atoms with van der Waals surface area (Å²) in [6, 6.07) is 15.1. The fourth-order valence-corrected chi connectivity index (χ4v) is 4.68. The SMILES string of the molecule is CC(C)(C)NS(=O)(=O)c1ccc(C(=O)Nc2ccc3nc(-c4ccccc4Cl)[nH]c3c2)o1. The molecule has 0 aliphatic carbocycles. The summed E-state index contributed by atoms with van der Waals surface area (Å²) >= 11 is 6.25. The lowest BCUT2D eigenvalue weighted by Gasteiger charge is -2.18. The molecule has 2 aromatic heterocycles. The molecule has 2 heterocycles. The van der Waals surface area contributed by atoms with Crippen LogP contribution in [0.5, 0.6) is 0 Å². The van der Waals surface area contributed by atoms with Crippen LogP contribution in [0.4, 0.5) is 5.69 Å². The number of aromatic nitrogens is 2. The van der Waals surface area contributed by atoms with Crippen molar-refractivity contribution in [2.45, 2.75) is 31.4 Å². The van der Waals surface area contributed by atoms with Crippen LogP contribution in [0.15, 0.2) is 64.1 Å². The number of sulfonamides is 1. The van der Waals surface area contributed by atoms with Gasteiger partial charge in [0.05, 0.1) is 16.1 Å². The minimum atomic E-state index is -3.88. The number of imidazole rings is 1. The van der Waals surface area contributed by atoms with Crippen LogP contribution in [0, 0.1) is 0 Å². The van der Waals surface area contributed by atoms with E-state index >= 15 is 0 Å². The number of H-pyrrole nitrogens is 1. The molecule has 8 nitrogen and oxygen atoms in total. The minimum absolute atomic E-state index is 0.124. The van der Waals surface area contributed by atoms with E-state index in [2.05, 4.69) is 20.0 Å². The molecule has 0 spiro atoms. The molecule has 10 heteroatoms. The summed E-state index contributed by atoms with van der Waals surface area (Å²) in [5.41, 5.74) is 1.98. The predicted molar refractivity (Wildman–Crippen MR) is 123 cm³/mol. The first-order valence-corrected chi connectivity index (χ1v) is 11.6. The second-order valence-corrected chi connectivity index (χ2v) is 10.2. The molecule has 0 atom stereocenters. The standard InChI is InChI=1S/C22H21ClN4O4S/c1-22(2,3)27-32(29,30)19-11-10-18(31-19)21(28)24-13-8-9-16-17(12-13)26-20(25-16)14-6-4-5-7-15(14)23/h4-12,27H,1-3H3,(H,24,28)(H,25,26). The highest BCUT2D eigenvalue weighted by atomic mass is 35.5. The number of hydrogen-bond donors (Lipinski definition) is 3. The maximum absolute atomic E-state index is 12.6. The largest absolute Gasteiger partial charge is 0.438 e. The van der Waals surface area contributed by atoms with Gasteiger partial charge in [0.25, 0.3) is 15.9 Å². The number of fused-ring (bicyclic) bond motifs is 1. The van der Waals surface area contributed by atoms with Gasteiger partial charge in [-0.25, -0.2) is 18.1 Å². The molecule has 4 aromatic rings. The van der Waals surface area contributed by atoms with Gasteiger partial charge in [-0.1, -0.05) is 23.7 Å². The number of rotatable bonds is 5. The fourth-order valence-electron chi connectivity index (χ4n) is 3.10. The van der Waals surface area contributed by atoms with Crippen molar-refractivity contribution in [3.8, 4) is 11.4 Å². The molecule has 166 valence electrons. The summed E-state index contributed by atoms with van der Waals surface area (Å²) in [7, 11) is -3.88.